The number of thiophene rings is 1. The fourth-order valence-electron chi connectivity index (χ4n) is 2.27. The molecule has 20 heavy (non-hydrogen) atoms. The summed E-state index contributed by atoms with van der Waals surface area (Å²) in [6, 6.07) is 12.1. The predicted molar refractivity (Wildman–Crippen MR) is 79.5 cm³/mol. The Balaban J connectivity index is 1.92. The zero-order chi connectivity index (χ0) is 14.0. The zero-order valence-corrected chi connectivity index (χ0v) is 12.2. The van der Waals surface area contributed by atoms with Gasteiger partial charge in [-0.2, -0.15) is 19.8 Å². The van der Waals surface area contributed by atoms with E-state index in [9.17, 15) is 8.42 Å². The summed E-state index contributed by atoms with van der Waals surface area (Å²) in [5.41, 5.74) is 2.90. The van der Waals surface area contributed by atoms with Gasteiger partial charge in [-0.1, -0.05) is 30.3 Å². The summed E-state index contributed by atoms with van der Waals surface area (Å²) < 4.78 is 30.8. The van der Waals surface area contributed by atoms with Crippen molar-refractivity contribution in [2.24, 2.45) is 4.40 Å². The average Bonchev–Trinajstić information content (AvgIpc) is 3.06. The van der Waals surface area contributed by atoms with E-state index in [0.717, 1.165) is 5.56 Å². The van der Waals surface area contributed by atoms with Crippen LogP contribution >= 0.6 is 11.3 Å². The highest BCUT2D eigenvalue weighted by atomic mass is 32.2. The first-order valence-electron chi connectivity index (χ1n) is 6.18. The maximum Gasteiger partial charge on any atom is 0.381 e. The van der Waals surface area contributed by atoms with Gasteiger partial charge in [0.1, 0.15) is 6.61 Å². The number of rotatable bonds is 4. The maximum atomic E-state index is 11.2. The van der Waals surface area contributed by atoms with Gasteiger partial charge in [0.15, 0.2) is 0 Å². The topological polar surface area (TPSA) is 55.7 Å². The van der Waals surface area contributed by atoms with Gasteiger partial charge in [-0.05, 0) is 28.0 Å². The van der Waals surface area contributed by atoms with Crippen molar-refractivity contribution in [1.29, 1.82) is 0 Å². The fraction of sp³-hybridized carbons (Fsp3) is 0.214. The van der Waals surface area contributed by atoms with E-state index in [-0.39, 0.29) is 12.5 Å². The van der Waals surface area contributed by atoms with Crippen LogP contribution in [0.3, 0.4) is 0 Å². The molecule has 1 aromatic heterocycles. The van der Waals surface area contributed by atoms with Crippen molar-refractivity contribution < 1.29 is 12.6 Å². The Morgan fingerprint density at radius 3 is 2.60 bits per heavy atom. The van der Waals surface area contributed by atoms with Crippen LogP contribution in [0.25, 0.3) is 0 Å². The summed E-state index contributed by atoms with van der Waals surface area (Å²) in [5.74, 6) is 0.109. The molecular formula is C14H13NO3S2. The first-order valence-corrected chi connectivity index (χ1v) is 8.49. The summed E-state index contributed by atoms with van der Waals surface area (Å²) in [6.45, 7) is 0.0653. The molecule has 0 aliphatic carbocycles. The van der Waals surface area contributed by atoms with Crippen LogP contribution in [0.4, 0.5) is 0 Å². The minimum atomic E-state index is -3.70. The average molecular weight is 307 g/mol. The summed E-state index contributed by atoms with van der Waals surface area (Å²) in [4.78, 5) is 0. The van der Waals surface area contributed by atoms with E-state index < -0.39 is 10.3 Å². The van der Waals surface area contributed by atoms with Crippen LogP contribution in [0, 0.1) is 0 Å². The smallest absolute Gasteiger partial charge is 0.246 e. The van der Waals surface area contributed by atoms with E-state index in [4.69, 9.17) is 0 Å². The molecule has 104 valence electrons. The highest BCUT2D eigenvalue weighted by molar-refractivity contribution is 7.85. The van der Waals surface area contributed by atoms with E-state index in [0.29, 0.717) is 12.1 Å². The highest BCUT2D eigenvalue weighted by Gasteiger charge is 2.25. The molecule has 4 nitrogen and oxygen atoms in total. The normalized spacial score (nSPS) is 18.7. The Bertz CT molecular complexity index is 706. The van der Waals surface area contributed by atoms with Crippen LogP contribution in [0.2, 0.25) is 0 Å². The molecule has 0 fully saturated rings. The molecular weight excluding hydrogens is 294 g/mol. The molecule has 0 unspecified atom stereocenters. The summed E-state index contributed by atoms with van der Waals surface area (Å²) in [7, 11) is -3.70. The van der Waals surface area contributed by atoms with E-state index in [1.807, 2.05) is 35.7 Å². The molecule has 0 saturated heterocycles. The SMILES string of the molecule is O=S1(=O)N=C(C[C@H](c2ccccc2)c2ccsc2)CO1. The molecule has 2 heterocycles. The summed E-state index contributed by atoms with van der Waals surface area (Å²) in [6.07, 6.45) is 0.556. The molecule has 0 saturated carbocycles. The minimum absolute atomic E-state index is 0.0653. The van der Waals surface area contributed by atoms with Crippen molar-refractivity contribution in [3.8, 4) is 0 Å². The first-order chi connectivity index (χ1) is 9.64. The third-order valence-corrected chi connectivity index (χ3v) is 4.80. The Labute approximate surface area is 122 Å². The molecule has 1 aliphatic heterocycles. The third kappa shape index (κ3) is 2.98. The Hall–Kier alpha value is -1.50. The molecule has 0 bridgehead atoms. The molecule has 2 aromatic rings. The van der Waals surface area contributed by atoms with Gasteiger partial charge in [0, 0.05) is 12.3 Å². The summed E-state index contributed by atoms with van der Waals surface area (Å²) in [5, 5.41) is 4.11. The van der Waals surface area contributed by atoms with Gasteiger partial charge in [-0.25, -0.2) is 4.18 Å². The van der Waals surface area contributed by atoms with Gasteiger partial charge in [-0.15, -0.1) is 4.40 Å². The molecule has 0 amide bonds. The van der Waals surface area contributed by atoms with Crippen molar-refractivity contribution in [2.75, 3.05) is 6.61 Å². The van der Waals surface area contributed by atoms with Crippen LogP contribution in [0.15, 0.2) is 51.6 Å². The molecule has 0 N–H and O–H groups in total. The van der Waals surface area contributed by atoms with Crippen LogP contribution in [0.5, 0.6) is 0 Å². The minimum Gasteiger partial charge on any atom is -0.246 e. The Morgan fingerprint density at radius 2 is 2.00 bits per heavy atom. The van der Waals surface area contributed by atoms with Gasteiger partial charge >= 0.3 is 10.3 Å². The van der Waals surface area contributed by atoms with E-state index in [1.165, 1.54) is 5.56 Å². The van der Waals surface area contributed by atoms with Crippen molar-refractivity contribution in [1.82, 2.24) is 0 Å². The molecule has 0 radical (unpaired) electrons. The van der Waals surface area contributed by atoms with E-state index in [1.54, 1.807) is 11.3 Å². The second-order valence-corrected chi connectivity index (χ2v) is 6.63. The van der Waals surface area contributed by atoms with Crippen molar-refractivity contribution in [3.05, 3.63) is 58.3 Å². The molecule has 3 rings (SSSR count). The van der Waals surface area contributed by atoms with Gasteiger partial charge in [-0.3, -0.25) is 0 Å². The monoisotopic (exact) mass is 307 g/mol. The highest BCUT2D eigenvalue weighted by Crippen LogP contribution is 2.31. The Kier molecular flexibility index (Phi) is 3.69. The van der Waals surface area contributed by atoms with Gasteiger partial charge < -0.3 is 0 Å². The second kappa shape index (κ2) is 5.47. The number of hydrogen-bond acceptors (Lipinski definition) is 4. The third-order valence-electron chi connectivity index (χ3n) is 3.20. The number of benzene rings is 1. The maximum absolute atomic E-state index is 11.2. The zero-order valence-electron chi connectivity index (χ0n) is 10.6. The Morgan fingerprint density at radius 1 is 1.20 bits per heavy atom. The standard InChI is InChI=1S/C14H13NO3S2/c16-20(17)15-13(9-18-20)8-14(12-6-7-19-10-12)11-4-2-1-3-5-11/h1-7,10,14H,8-9H2/t14-/m1/s1. The lowest BCUT2D eigenvalue weighted by Gasteiger charge is -2.15. The molecule has 1 aliphatic rings. The first kappa shape index (κ1) is 13.5. The lowest BCUT2D eigenvalue weighted by Crippen LogP contribution is -2.09. The lowest BCUT2D eigenvalue weighted by molar-refractivity contribution is 0.380. The quantitative estimate of drug-likeness (QED) is 0.872. The van der Waals surface area contributed by atoms with Gasteiger partial charge in [0.05, 0.1) is 5.71 Å². The fourth-order valence-corrected chi connectivity index (χ4v) is 3.77. The van der Waals surface area contributed by atoms with Crippen LogP contribution in [0.1, 0.15) is 23.5 Å². The van der Waals surface area contributed by atoms with Gasteiger partial charge in [0.25, 0.3) is 0 Å². The van der Waals surface area contributed by atoms with Crippen LogP contribution in [-0.4, -0.2) is 20.7 Å². The molecule has 0 spiro atoms. The number of hydrogen-bond donors (Lipinski definition) is 0. The molecule has 1 aromatic carbocycles. The van der Waals surface area contributed by atoms with Crippen molar-refractivity contribution in [3.63, 3.8) is 0 Å². The molecule has 1 atom stereocenters. The van der Waals surface area contributed by atoms with Gasteiger partial charge in [0.2, 0.25) is 0 Å². The van der Waals surface area contributed by atoms with E-state index >= 15 is 0 Å². The van der Waals surface area contributed by atoms with E-state index in [2.05, 4.69) is 20.0 Å². The van der Waals surface area contributed by atoms with Crippen molar-refractivity contribution >= 4 is 27.4 Å². The number of nitrogens with zero attached hydrogens (tertiary/aromatic N) is 1. The lowest BCUT2D eigenvalue weighted by atomic mass is 9.89. The largest absolute Gasteiger partial charge is 0.381 e. The van der Waals surface area contributed by atoms with Crippen LogP contribution in [-0.2, 0) is 14.5 Å². The summed E-state index contributed by atoms with van der Waals surface area (Å²) >= 11 is 1.63. The molecule has 6 heteroatoms. The predicted octanol–water partition coefficient (Wildman–Crippen LogP) is 2.99. The second-order valence-electron chi connectivity index (χ2n) is 4.57. The van der Waals surface area contributed by atoms with Crippen LogP contribution < -0.4 is 0 Å². The van der Waals surface area contributed by atoms with Crippen molar-refractivity contribution in [2.45, 2.75) is 12.3 Å².